The third-order valence-electron chi connectivity index (χ3n) is 6.20. The molecule has 0 saturated heterocycles. The molecular weight excluding hydrogens is 466 g/mol. The predicted molar refractivity (Wildman–Crippen MR) is 132 cm³/mol. The number of carbonyl (C=O) groups excluding carboxylic acids is 1. The number of hydrogen-bond acceptors (Lipinski definition) is 5. The lowest BCUT2D eigenvalue weighted by molar-refractivity contribution is -0.387. The largest absolute Gasteiger partial charge is 0.324 e. The van der Waals surface area contributed by atoms with Gasteiger partial charge in [0.25, 0.3) is 15.7 Å². The van der Waals surface area contributed by atoms with Crippen LogP contribution in [0.2, 0.25) is 0 Å². The third kappa shape index (κ3) is 4.16. The Morgan fingerprint density at radius 2 is 1.54 bits per heavy atom. The molecule has 1 aliphatic rings. The molecule has 4 aromatic carbocycles. The molecule has 1 heterocycles. The van der Waals surface area contributed by atoms with Crippen molar-refractivity contribution in [2.24, 2.45) is 0 Å². The highest BCUT2D eigenvalue weighted by molar-refractivity contribution is 7.89. The van der Waals surface area contributed by atoms with Crippen LogP contribution in [0.1, 0.15) is 11.1 Å². The van der Waals surface area contributed by atoms with Crippen LogP contribution in [0.4, 0.5) is 11.4 Å². The zero-order valence-electron chi connectivity index (χ0n) is 18.5. The summed E-state index contributed by atoms with van der Waals surface area (Å²) in [6, 6.07) is 24.5. The summed E-state index contributed by atoms with van der Waals surface area (Å²) in [6.45, 7) is -0.0713. The average Bonchev–Trinajstić information content (AvgIpc) is 2.88. The van der Waals surface area contributed by atoms with Crippen LogP contribution in [0.3, 0.4) is 0 Å². The molecule has 1 N–H and O–H groups in total. The Balaban J connectivity index is 1.57. The van der Waals surface area contributed by atoms with Gasteiger partial charge in [-0.2, -0.15) is 4.31 Å². The molecule has 5 rings (SSSR count). The highest BCUT2D eigenvalue weighted by atomic mass is 32.2. The first-order chi connectivity index (χ1) is 16.9. The second kappa shape index (κ2) is 8.94. The number of nitro benzene ring substituents is 1. The van der Waals surface area contributed by atoms with Crippen molar-refractivity contribution in [1.29, 1.82) is 0 Å². The van der Waals surface area contributed by atoms with E-state index in [9.17, 15) is 23.3 Å². The van der Waals surface area contributed by atoms with Gasteiger partial charge in [0, 0.05) is 23.7 Å². The van der Waals surface area contributed by atoms with Gasteiger partial charge in [-0.25, -0.2) is 8.42 Å². The first-order valence-electron chi connectivity index (χ1n) is 11.0. The number of nitrogens with one attached hydrogen (secondary N) is 1. The van der Waals surface area contributed by atoms with E-state index in [1.807, 2.05) is 48.5 Å². The molecule has 0 saturated carbocycles. The summed E-state index contributed by atoms with van der Waals surface area (Å²) in [4.78, 5) is 24.0. The highest BCUT2D eigenvalue weighted by Crippen LogP contribution is 2.33. The summed E-state index contributed by atoms with van der Waals surface area (Å²) in [5.74, 6) is -0.502. The van der Waals surface area contributed by atoms with Gasteiger partial charge in [0.2, 0.25) is 5.91 Å². The zero-order chi connectivity index (χ0) is 24.6. The van der Waals surface area contributed by atoms with Crippen molar-refractivity contribution >= 4 is 38.1 Å². The van der Waals surface area contributed by atoms with Gasteiger partial charge in [0.1, 0.15) is 6.04 Å². The molecule has 1 atom stereocenters. The summed E-state index contributed by atoms with van der Waals surface area (Å²) in [5, 5.41) is 16.2. The maximum atomic E-state index is 13.7. The topological polar surface area (TPSA) is 110 Å². The molecule has 1 unspecified atom stereocenters. The molecule has 0 fully saturated rings. The van der Waals surface area contributed by atoms with Gasteiger partial charge >= 0.3 is 0 Å². The molecular formula is C26H21N3O5S. The molecule has 1 aliphatic heterocycles. The third-order valence-corrected chi connectivity index (χ3v) is 8.11. The number of anilines is 1. The molecule has 0 aromatic heterocycles. The van der Waals surface area contributed by atoms with Crippen LogP contribution in [0.25, 0.3) is 10.8 Å². The second-order valence-corrected chi connectivity index (χ2v) is 10.1. The molecule has 1 amide bonds. The van der Waals surface area contributed by atoms with Crippen molar-refractivity contribution in [2.45, 2.75) is 23.9 Å². The van der Waals surface area contributed by atoms with E-state index < -0.39 is 37.5 Å². The molecule has 176 valence electrons. The van der Waals surface area contributed by atoms with E-state index in [1.165, 1.54) is 18.2 Å². The van der Waals surface area contributed by atoms with Crippen molar-refractivity contribution in [3.8, 4) is 0 Å². The minimum atomic E-state index is -4.38. The lowest BCUT2D eigenvalue weighted by atomic mass is 9.95. The van der Waals surface area contributed by atoms with Crippen LogP contribution in [-0.2, 0) is 27.8 Å². The fraction of sp³-hybridized carbons (Fsp3) is 0.115. The maximum absolute atomic E-state index is 13.7. The Morgan fingerprint density at radius 1 is 0.886 bits per heavy atom. The zero-order valence-corrected chi connectivity index (χ0v) is 19.3. The molecule has 35 heavy (non-hydrogen) atoms. The first kappa shape index (κ1) is 22.7. The summed E-state index contributed by atoms with van der Waals surface area (Å²) in [5.41, 5.74) is 1.65. The molecule has 0 spiro atoms. The van der Waals surface area contributed by atoms with E-state index in [0.717, 1.165) is 32.3 Å². The van der Waals surface area contributed by atoms with Crippen molar-refractivity contribution < 1.29 is 18.1 Å². The summed E-state index contributed by atoms with van der Waals surface area (Å²) in [6.07, 6.45) is 0.145. The van der Waals surface area contributed by atoms with Gasteiger partial charge in [-0.3, -0.25) is 14.9 Å². The highest BCUT2D eigenvalue weighted by Gasteiger charge is 2.42. The van der Waals surface area contributed by atoms with Crippen molar-refractivity contribution in [2.75, 3.05) is 5.32 Å². The molecule has 8 nitrogen and oxygen atoms in total. The minimum absolute atomic E-state index is 0.0713. The number of benzene rings is 4. The number of sulfonamides is 1. The molecule has 9 heteroatoms. The second-order valence-electron chi connectivity index (χ2n) is 8.28. The Labute approximate surface area is 202 Å². The summed E-state index contributed by atoms with van der Waals surface area (Å²) >= 11 is 0. The Kier molecular flexibility index (Phi) is 5.80. The van der Waals surface area contributed by atoms with E-state index in [-0.39, 0.29) is 13.0 Å². The number of para-hydroxylation sites is 1. The number of nitrogens with zero attached hydrogens (tertiary/aromatic N) is 2. The van der Waals surface area contributed by atoms with Gasteiger partial charge in [0.15, 0.2) is 4.90 Å². The van der Waals surface area contributed by atoms with Crippen LogP contribution >= 0.6 is 0 Å². The number of amides is 1. The lowest BCUT2D eigenvalue weighted by Gasteiger charge is -2.35. The SMILES string of the molecule is O=C(Nc1cccc2ccccc12)C1Cc2ccccc2CN1S(=O)(=O)c1ccccc1[N+](=O)[O-]. The summed E-state index contributed by atoms with van der Waals surface area (Å²) < 4.78 is 28.6. The lowest BCUT2D eigenvalue weighted by Crippen LogP contribution is -2.50. The quantitative estimate of drug-likeness (QED) is 0.329. The Hall–Kier alpha value is -4.08. The van der Waals surface area contributed by atoms with Crippen molar-refractivity contribution in [3.63, 3.8) is 0 Å². The number of hydrogen-bond donors (Lipinski definition) is 1. The fourth-order valence-electron chi connectivity index (χ4n) is 4.48. The van der Waals surface area contributed by atoms with Gasteiger partial charge in [-0.1, -0.05) is 72.8 Å². The average molecular weight is 488 g/mol. The fourth-order valence-corrected chi connectivity index (χ4v) is 6.20. The van der Waals surface area contributed by atoms with Gasteiger partial charge in [-0.05, 0) is 35.1 Å². The van der Waals surface area contributed by atoms with Crippen molar-refractivity contribution in [3.05, 3.63) is 112 Å². The Morgan fingerprint density at radius 3 is 2.34 bits per heavy atom. The smallest absolute Gasteiger partial charge is 0.289 e. The molecule has 0 aliphatic carbocycles. The van der Waals surface area contributed by atoms with E-state index in [1.54, 1.807) is 18.2 Å². The standard InChI is InChI=1S/C26H21N3O5S/c30-26(27-22-13-7-11-18-8-3-4-12-21(18)22)24-16-19-9-1-2-10-20(19)17-28(24)35(33,34)25-15-6-5-14-23(25)29(31)32/h1-15,24H,16-17H2,(H,27,30). The van der Waals surface area contributed by atoms with Crippen LogP contribution in [-0.4, -0.2) is 29.6 Å². The Bertz CT molecular complexity index is 1560. The van der Waals surface area contributed by atoms with E-state index in [0.29, 0.717) is 5.69 Å². The van der Waals surface area contributed by atoms with Crippen molar-refractivity contribution in [1.82, 2.24) is 4.31 Å². The van der Waals surface area contributed by atoms with E-state index in [2.05, 4.69) is 5.32 Å². The summed E-state index contributed by atoms with van der Waals surface area (Å²) in [7, 11) is -4.38. The maximum Gasteiger partial charge on any atom is 0.289 e. The predicted octanol–water partition coefficient (Wildman–Crippen LogP) is 4.50. The number of fused-ring (bicyclic) bond motifs is 2. The normalized spacial score (nSPS) is 15.9. The molecule has 4 aromatic rings. The van der Waals surface area contributed by atoms with Gasteiger partial charge < -0.3 is 5.32 Å². The van der Waals surface area contributed by atoms with Crippen LogP contribution in [0, 0.1) is 10.1 Å². The first-order valence-corrected chi connectivity index (χ1v) is 12.4. The van der Waals surface area contributed by atoms with Gasteiger partial charge in [-0.15, -0.1) is 0 Å². The van der Waals surface area contributed by atoms with Crippen LogP contribution in [0.5, 0.6) is 0 Å². The molecule has 0 radical (unpaired) electrons. The van der Waals surface area contributed by atoms with E-state index >= 15 is 0 Å². The monoisotopic (exact) mass is 487 g/mol. The molecule has 0 bridgehead atoms. The number of rotatable bonds is 5. The van der Waals surface area contributed by atoms with Gasteiger partial charge in [0.05, 0.1) is 4.92 Å². The van der Waals surface area contributed by atoms with Crippen LogP contribution in [0.15, 0.2) is 95.9 Å². The van der Waals surface area contributed by atoms with E-state index in [4.69, 9.17) is 0 Å². The number of carbonyl (C=O) groups is 1. The van der Waals surface area contributed by atoms with Crippen LogP contribution < -0.4 is 5.32 Å². The number of nitro groups is 1. The minimum Gasteiger partial charge on any atom is -0.324 e.